The number of carbonyl (C=O) groups is 1. The lowest BCUT2D eigenvalue weighted by molar-refractivity contribution is 0.00359. The van der Waals surface area contributed by atoms with E-state index in [2.05, 4.69) is 0 Å². The number of sulfonamides is 1. The van der Waals surface area contributed by atoms with E-state index in [-0.39, 0.29) is 11.9 Å². The summed E-state index contributed by atoms with van der Waals surface area (Å²) in [6.07, 6.45) is 2.78. The van der Waals surface area contributed by atoms with Crippen LogP contribution < -0.4 is 4.31 Å². The molecule has 1 atom stereocenters. The van der Waals surface area contributed by atoms with E-state index in [4.69, 9.17) is 4.74 Å². The van der Waals surface area contributed by atoms with E-state index >= 15 is 0 Å². The molecule has 0 unspecified atom stereocenters. The van der Waals surface area contributed by atoms with Crippen LogP contribution in [0.2, 0.25) is 0 Å². The summed E-state index contributed by atoms with van der Waals surface area (Å²) in [4.78, 5) is 14.5. The lowest BCUT2D eigenvalue weighted by Gasteiger charge is -2.34. The summed E-state index contributed by atoms with van der Waals surface area (Å²) in [5, 5.41) is 0. The summed E-state index contributed by atoms with van der Waals surface area (Å²) >= 11 is 0. The highest BCUT2D eigenvalue weighted by atomic mass is 32.2. The highest BCUT2D eigenvalue weighted by Gasteiger charge is 2.28. The summed E-state index contributed by atoms with van der Waals surface area (Å²) in [5.74, 6) is -0.0138. The van der Waals surface area contributed by atoms with Crippen LogP contribution in [0, 0.1) is 0 Å². The summed E-state index contributed by atoms with van der Waals surface area (Å²) in [6, 6.07) is 5.39. The van der Waals surface area contributed by atoms with Crippen molar-refractivity contribution in [1.82, 2.24) is 4.90 Å². The summed E-state index contributed by atoms with van der Waals surface area (Å²) in [5.41, 5.74) is 2.24. The normalized spacial score (nSPS) is 21.9. The van der Waals surface area contributed by atoms with Gasteiger partial charge in [-0.1, -0.05) is 0 Å². The molecule has 0 saturated carbocycles. The van der Waals surface area contributed by atoms with Gasteiger partial charge in [0.15, 0.2) is 0 Å². The van der Waals surface area contributed by atoms with Crippen molar-refractivity contribution in [2.45, 2.75) is 25.8 Å². The van der Waals surface area contributed by atoms with Gasteiger partial charge in [-0.2, -0.15) is 0 Å². The summed E-state index contributed by atoms with van der Waals surface area (Å²) in [7, 11) is -3.28. The molecule has 0 aliphatic carbocycles. The highest BCUT2D eigenvalue weighted by Crippen LogP contribution is 2.30. The Morgan fingerprint density at radius 3 is 2.78 bits per heavy atom. The second-order valence-corrected chi connectivity index (χ2v) is 8.11. The van der Waals surface area contributed by atoms with Gasteiger partial charge < -0.3 is 9.64 Å². The number of amides is 1. The lowest BCUT2D eigenvalue weighted by Crippen LogP contribution is -2.47. The van der Waals surface area contributed by atoms with Crippen LogP contribution in [-0.4, -0.2) is 57.8 Å². The number of nitrogens with zero attached hydrogens (tertiary/aromatic N) is 2. The Balaban J connectivity index is 1.90. The van der Waals surface area contributed by atoms with Gasteiger partial charge in [0.1, 0.15) is 0 Å². The number of fused-ring (bicyclic) bond motifs is 1. The molecule has 1 aromatic rings. The first-order chi connectivity index (χ1) is 10.9. The van der Waals surface area contributed by atoms with E-state index < -0.39 is 10.0 Å². The van der Waals surface area contributed by atoms with Gasteiger partial charge in [0.25, 0.3) is 5.91 Å². The van der Waals surface area contributed by atoms with E-state index in [1.165, 1.54) is 10.6 Å². The zero-order valence-electron chi connectivity index (χ0n) is 13.5. The topological polar surface area (TPSA) is 66.9 Å². The van der Waals surface area contributed by atoms with Crippen LogP contribution in [0.15, 0.2) is 18.2 Å². The molecule has 0 aromatic heterocycles. The van der Waals surface area contributed by atoms with Gasteiger partial charge >= 0.3 is 0 Å². The van der Waals surface area contributed by atoms with Crippen LogP contribution in [0.1, 0.15) is 29.3 Å². The van der Waals surface area contributed by atoms with Crippen LogP contribution in [-0.2, 0) is 21.2 Å². The molecule has 126 valence electrons. The summed E-state index contributed by atoms with van der Waals surface area (Å²) in [6.45, 7) is 4.18. The molecule has 3 rings (SSSR count). The van der Waals surface area contributed by atoms with Crippen LogP contribution in [0.25, 0.3) is 0 Å². The Hall–Kier alpha value is -1.60. The molecule has 6 nitrogen and oxygen atoms in total. The Morgan fingerprint density at radius 1 is 1.30 bits per heavy atom. The van der Waals surface area contributed by atoms with Crippen molar-refractivity contribution in [3.05, 3.63) is 29.3 Å². The molecule has 1 saturated heterocycles. The molecule has 1 amide bonds. The number of carbonyl (C=O) groups excluding carboxylic acids is 1. The van der Waals surface area contributed by atoms with E-state index in [9.17, 15) is 13.2 Å². The van der Waals surface area contributed by atoms with Crippen LogP contribution in [0.4, 0.5) is 5.69 Å². The van der Waals surface area contributed by atoms with E-state index in [1.807, 2.05) is 17.9 Å². The fraction of sp³-hybridized carbons (Fsp3) is 0.562. The first kappa shape index (κ1) is 16.3. The fourth-order valence-corrected chi connectivity index (χ4v) is 4.23. The Labute approximate surface area is 137 Å². The van der Waals surface area contributed by atoms with Crippen molar-refractivity contribution in [2.24, 2.45) is 0 Å². The van der Waals surface area contributed by atoms with Crippen molar-refractivity contribution < 1.29 is 17.9 Å². The second-order valence-electron chi connectivity index (χ2n) is 6.20. The molecule has 0 spiro atoms. The molecule has 23 heavy (non-hydrogen) atoms. The minimum Gasteiger partial charge on any atom is -0.377 e. The fourth-order valence-electron chi connectivity index (χ4n) is 3.23. The molecule has 0 bridgehead atoms. The first-order valence-electron chi connectivity index (χ1n) is 7.87. The zero-order chi connectivity index (χ0) is 16.6. The number of morpholine rings is 1. The minimum absolute atomic E-state index is 0.0138. The van der Waals surface area contributed by atoms with Crippen molar-refractivity contribution >= 4 is 21.6 Å². The largest absolute Gasteiger partial charge is 0.377 e. The molecule has 1 aromatic carbocycles. The minimum atomic E-state index is -3.28. The van der Waals surface area contributed by atoms with Crippen molar-refractivity contribution in [1.29, 1.82) is 0 Å². The molecular weight excluding hydrogens is 316 g/mol. The maximum absolute atomic E-state index is 12.7. The Morgan fingerprint density at radius 2 is 2.09 bits per heavy atom. The third kappa shape index (κ3) is 3.21. The molecule has 2 heterocycles. The van der Waals surface area contributed by atoms with Gasteiger partial charge in [-0.05, 0) is 43.5 Å². The SMILES string of the molecule is C[C@H]1COCCN1C(=O)c1ccc2c(c1)CCCN2S(C)(=O)=O. The van der Waals surface area contributed by atoms with Crippen LogP contribution >= 0.6 is 0 Å². The van der Waals surface area contributed by atoms with Crippen LogP contribution in [0.5, 0.6) is 0 Å². The number of rotatable bonds is 2. The molecule has 2 aliphatic heterocycles. The quantitative estimate of drug-likeness (QED) is 0.814. The third-order valence-corrected chi connectivity index (χ3v) is 5.61. The van der Waals surface area contributed by atoms with Gasteiger partial charge in [0.2, 0.25) is 10.0 Å². The molecule has 1 fully saturated rings. The highest BCUT2D eigenvalue weighted by molar-refractivity contribution is 7.92. The predicted molar refractivity (Wildman–Crippen MR) is 88.3 cm³/mol. The number of benzene rings is 1. The smallest absolute Gasteiger partial charge is 0.254 e. The Kier molecular flexibility index (Phi) is 4.33. The van der Waals surface area contributed by atoms with E-state index in [1.54, 1.807) is 12.1 Å². The maximum atomic E-state index is 12.7. The van der Waals surface area contributed by atoms with Crippen molar-refractivity contribution in [2.75, 3.05) is 36.9 Å². The molecule has 2 aliphatic rings. The third-order valence-electron chi connectivity index (χ3n) is 4.43. The first-order valence-corrected chi connectivity index (χ1v) is 9.72. The zero-order valence-corrected chi connectivity index (χ0v) is 14.3. The monoisotopic (exact) mass is 338 g/mol. The van der Waals surface area contributed by atoms with Gasteiger partial charge in [-0.25, -0.2) is 8.42 Å². The van der Waals surface area contributed by atoms with Gasteiger partial charge in [-0.3, -0.25) is 9.10 Å². The molecular formula is C16H22N2O4S. The van der Waals surface area contributed by atoms with Crippen molar-refractivity contribution in [3.8, 4) is 0 Å². The van der Waals surface area contributed by atoms with Crippen LogP contribution in [0.3, 0.4) is 0 Å². The summed E-state index contributed by atoms with van der Waals surface area (Å²) < 4.78 is 30.6. The van der Waals surface area contributed by atoms with E-state index in [0.717, 1.165) is 18.4 Å². The number of anilines is 1. The van der Waals surface area contributed by atoms with Gasteiger partial charge in [0, 0.05) is 18.7 Å². The molecule has 7 heteroatoms. The number of aryl methyl sites for hydroxylation is 1. The maximum Gasteiger partial charge on any atom is 0.254 e. The van der Waals surface area contributed by atoms with Crippen molar-refractivity contribution in [3.63, 3.8) is 0 Å². The Bertz CT molecular complexity index is 717. The predicted octanol–water partition coefficient (Wildman–Crippen LogP) is 1.26. The van der Waals surface area contributed by atoms with Gasteiger partial charge in [0.05, 0.1) is 31.2 Å². The standard InChI is InChI=1S/C16H22N2O4S/c1-12-11-22-9-8-17(12)16(19)14-5-6-15-13(10-14)4-3-7-18(15)23(2,20)21/h5-6,10,12H,3-4,7-9,11H2,1-2H3/t12-/m0/s1. The number of ether oxygens (including phenoxy) is 1. The van der Waals surface area contributed by atoms with Gasteiger partial charge in [-0.15, -0.1) is 0 Å². The average molecular weight is 338 g/mol. The molecule has 0 radical (unpaired) electrons. The molecule has 0 N–H and O–H groups in total. The average Bonchev–Trinajstić information content (AvgIpc) is 2.52. The number of hydrogen-bond donors (Lipinski definition) is 0. The van der Waals surface area contributed by atoms with E-state index in [0.29, 0.717) is 37.6 Å². The second kappa shape index (κ2) is 6.13. The lowest BCUT2D eigenvalue weighted by atomic mass is 10.00. The number of hydrogen-bond acceptors (Lipinski definition) is 4.